The first kappa shape index (κ1) is 16.7. The molecule has 0 aromatic carbocycles. The van der Waals surface area contributed by atoms with Crippen LogP contribution in [0.25, 0.3) is 0 Å². The number of anilines is 1. The Balaban J connectivity index is 2.35. The lowest BCUT2D eigenvalue weighted by Crippen LogP contribution is -2.26. The number of nitrogens with one attached hydrogen (secondary N) is 1. The first-order valence-corrected chi connectivity index (χ1v) is 7.84. The summed E-state index contributed by atoms with van der Waals surface area (Å²) in [5.41, 5.74) is 2.04. The van der Waals surface area contributed by atoms with E-state index >= 15 is 0 Å². The van der Waals surface area contributed by atoms with Gasteiger partial charge in [0.1, 0.15) is 17.3 Å². The molecule has 0 bridgehead atoms. The summed E-state index contributed by atoms with van der Waals surface area (Å²) in [6.45, 7) is 7.94. The Hall–Kier alpha value is -2.62. The van der Waals surface area contributed by atoms with E-state index in [-0.39, 0.29) is 11.8 Å². The Kier molecular flexibility index (Phi) is 5.92. The van der Waals surface area contributed by atoms with Crippen molar-refractivity contribution >= 4 is 11.5 Å². The summed E-state index contributed by atoms with van der Waals surface area (Å²) < 4.78 is 0. The lowest BCUT2D eigenvalue weighted by Gasteiger charge is -2.24. The smallest absolute Gasteiger partial charge is 0.147 e. The van der Waals surface area contributed by atoms with Crippen LogP contribution >= 0.6 is 0 Å². The third-order valence-corrected chi connectivity index (χ3v) is 3.56. The van der Waals surface area contributed by atoms with E-state index < -0.39 is 0 Å². The van der Waals surface area contributed by atoms with Crippen molar-refractivity contribution in [3.8, 4) is 0 Å². The summed E-state index contributed by atoms with van der Waals surface area (Å²) in [5.74, 6) is 0.966. The molecule has 1 aromatic heterocycles. The van der Waals surface area contributed by atoms with E-state index in [1.807, 2.05) is 43.4 Å². The topological polar surface area (TPSA) is 57.5 Å². The fourth-order valence-corrected chi connectivity index (χ4v) is 2.43. The maximum Gasteiger partial charge on any atom is 0.147 e. The molecule has 0 saturated carbocycles. The molecule has 1 aliphatic rings. The lowest BCUT2D eigenvalue weighted by atomic mass is 9.92. The van der Waals surface area contributed by atoms with Crippen LogP contribution in [0.15, 0.2) is 77.3 Å². The van der Waals surface area contributed by atoms with E-state index in [1.54, 1.807) is 12.4 Å². The second-order valence-corrected chi connectivity index (χ2v) is 5.32. The molecule has 2 N–H and O–H groups in total. The van der Waals surface area contributed by atoms with Crippen molar-refractivity contribution in [3.05, 3.63) is 72.3 Å². The van der Waals surface area contributed by atoms with Crippen LogP contribution in [0.3, 0.4) is 0 Å². The predicted octanol–water partition coefficient (Wildman–Crippen LogP) is 4.57. The number of aliphatic hydroxyl groups is 1. The number of pyridine rings is 1. The highest BCUT2D eigenvalue weighted by Gasteiger charge is 2.23. The summed E-state index contributed by atoms with van der Waals surface area (Å²) in [4.78, 5) is 8.60. The maximum atomic E-state index is 10.6. The number of hydrogen-bond acceptors (Lipinski definition) is 4. The molecule has 1 aromatic rings. The Bertz CT molecular complexity index is 669. The number of allylic oxidation sites excluding steroid dienone is 3. The van der Waals surface area contributed by atoms with Crippen LogP contribution in [0.2, 0.25) is 0 Å². The van der Waals surface area contributed by atoms with E-state index in [2.05, 4.69) is 28.8 Å². The minimum Gasteiger partial charge on any atom is -0.505 e. The summed E-state index contributed by atoms with van der Waals surface area (Å²) in [6.07, 6.45) is 10.9. The molecule has 1 unspecified atom stereocenters. The Morgan fingerprint density at radius 1 is 1.39 bits per heavy atom. The molecule has 0 aliphatic heterocycles. The molecule has 1 aliphatic carbocycles. The quantitative estimate of drug-likeness (QED) is 0.809. The van der Waals surface area contributed by atoms with Crippen LogP contribution in [-0.4, -0.2) is 21.8 Å². The first-order chi connectivity index (χ1) is 11.2. The number of aliphatic imine (C=N–C) groups is 1. The van der Waals surface area contributed by atoms with Gasteiger partial charge in [-0.3, -0.25) is 4.99 Å². The summed E-state index contributed by atoms with van der Waals surface area (Å²) >= 11 is 0. The molecular weight excluding hydrogens is 286 g/mol. The Morgan fingerprint density at radius 3 is 2.87 bits per heavy atom. The van der Waals surface area contributed by atoms with E-state index in [9.17, 15) is 5.11 Å². The van der Waals surface area contributed by atoms with Gasteiger partial charge < -0.3 is 10.4 Å². The van der Waals surface area contributed by atoms with E-state index in [1.165, 1.54) is 0 Å². The minimum atomic E-state index is -0.0324. The van der Waals surface area contributed by atoms with Gasteiger partial charge in [-0.25, -0.2) is 4.98 Å². The van der Waals surface area contributed by atoms with Gasteiger partial charge >= 0.3 is 0 Å². The molecule has 2 rings (SSSR count). The van der Waals surface area contributed by atoms with Crippen LogP contribution in [0.1, 0.15) is 26.7 Å². The Morgan fingerprint density at radius 2 is 2.22 bits per heavy atom. The van der Waals surface area contributed by atoms with Crippen molar-refractivity contribution in [2.75, 3.05) is 5.32 Å². The Labute approximate surface area is 137 Å². The van der Waals surface area contributed by atoms with E-state index in [0.717, 1.165) is 24.2 Å². The van der Waals surface area contributed by atoms with Gasteiger partial charge in [-0.2, -0.15) is 0 Å². The van der Waals surface area contributed by atoms with Crippen molar-refractivity contribution < 1.29 is 5.11 Å². The van der Waals surface area contributed by atoms with Crippen molar-refractivity contribution in [1.29, 1.82) is 0 Å². The highest BCUT2D eigenvalue weighted by Crippen LogP contribution is 2.25. The molecular formula is C19H23N3O. The molecule has 1 heterocycles. The van der Waals surface area contributed by atoms with Gasteiger partial charge in [0.2, 0.25) is 0 Å². The molecule has 0 radical (unpaired) electrons. The predicted molar refractivity (Wildman–Crippen MR) is 96.7 cm³/mol. The zero-order valence-electron chi connectivity index (χ0n) is 13.7. The number of aliphatic hydroxyl groups excluding tert-OH is 1. The van der Waals surface area contributed by atoms with Crippen LogP contribution in [0, 0.1) is 0 Å². The largest absolute Gasteiger partial charge is 0.505 e. The fourth-order valence-electron chi connectivity index (χ4n) is 2.43. The average Bonchev–Trinajstić information content (AvgIpc) is 2.55. The molecule has 4 heteroatoms. The minimum absolute atomic E-state index is 0.0324. The van der Waals surface area contributed by atoms with Crippen LogP contribution in [-0.2, 0) is 0 Å². The second-order valence-electron chi connectivity index (χ2n) is 5.32. The van der Waals surface area contributed by atoms with Crippen molar-refractivity contribution in [2.45, 2.75) is 32.7 Å². The van der Waals surface area contributed by atoms with Gasteiger partial charge in [0, 0.05) is 18.0 Å². The van der Waals surface area contributed by atoms with Crippen LogP contribution < -0.4 is 5.32 Å². The molecule has 4 nitrogen and oxygen atoms in total. The first-order valence-electron chi connectivity index (χ1n) is 7.84. The van der Waals surface area contributed by atoms with Gasteiger partial charge in [0.25, 0.3) is 0 Å². The zero-order valence-corrected chi connectivity index (χ0v) is 13.7. The van der Waals surface area contributed by atoms with Gasteiger partial charge in [-0.05, 0) is 31.1 Å². The molecule has 1 atom stereocenters. The number of hydrogen-bond donors (Lipinski definition) is 2. The summed E-state index contributed by atoms with van der Waals surface area (Å²) in [5, 5.41) is 14.0. The number of aromatic nitrogens is 1. The zero-order chi connectivity index (χ0) is 16.7. The SMILES string of the molecule is C=C1C=CC(C(CCC)Nc2ccccn2)=C(O)/C1=N/C=C\C. The maximum absolute atomic E-state index is 10.6. The summed E-state index contributed by atoms with van der Waals surface area (Å²) in [6, 6.07) is 5.70. The van der Waals surface area contributed by atoms with Gasteiger partial charge in [0.15, 0.2) is 0 Å². The van der Waals surface area contributed by atoms with Gasteiger partial charge in [0.05, 0.1) is 6.04 Å². The molecule has 0 spiro atoms. The lowest BCUT2D eigenvalue weighted by molar-refractivity contribution is 0.432. The molecule has 0 fully saturated rings. The average molecular weight is 309 g/mol. The van der Waals surface area contributed by atoms with E-state index in [4.69, 9.17) is 0 Å². The number of rotatable bonds is 6. The van der Waals surface area contributed by atoms with Crippen molar-refractivity contribution in [2.24, 2.45) is 4.99 Å². The van der Waals surface area contributed by atoms with Crippen LogP contribution in [0.4, 0.5) is 5.82 Å². The summed E-state index contributed by atoms with van der Waals surface area (Å²) in [7, 11) is 0. The van der Waals surface area contributed by atoms with Crippen molar-refractivity contribution in [3.63, 3.8) is 0 Å². The normalized spacial score (nSPS) is 18.0. The number of nitrogens with zero attached hydrogens (tertiary/aromatic N) is 2. The third kappa shape index (κ3) is 4.19. The van der Waals surface area contributed by atoms with E-state index in [0.29, 0.717) is 11.3 Å². The standard InChI is InChI=1S/C19H23N3O/c1-4-8-16(22-17-9-6-7-13-20-17)15-11-10-14(3)18(19(15)23)21-12-5-2/h5-7,9-13,16,23H,3-4,8H2,1-2H3,(H,20,22)/b12-5-,21-18+. The highest BCUT2D eigenvalue weighted by molar-refractivity contribution is 6.14. The monoisotopic (exact) mass is 309 g/mol. The highest BCUT2D eigenvalue weighted by atomic mass is 16.3. The molecule has 120 valence electrons. The molecule has 23 heavy (non-hydrogen) atoms. The molecule has 0 amide bonds. The van der Waals surface area contributed by atoms with Crippen molar-refractivity contribution in [1.82, 2.24) is 4.98 Å². The van der Waals surface area contributed by atoms with Crippen LogP contribution in [0.5, 0.6) is 0 Å². The van der Waals surface area contributed by atoms with Gasteiger partial charge in [-0.1, -0.05) is 44.2 Å². The third-order valence-electron chi connectivity index (χ3n) is 3.56. The molecule has 0 saturated heterocycles. The second kappa shape index (κ2) is 8.13. The fraction of sp³-hybridized carbons (Fsp3) is 0.263. The van der Waals surface area contributed by atoms with Gasteiger partial charge in [-0.15, -0.1) is 0 Å².